The maximum Gasteiger partial charge on any atom is 0.321 e. The summed E-state index contributed by atoms with van der Waals surface area (Å²) < 4.78 is 0. The van der Waals surface area contributed by atoms with Crippen LogP contribution in [0.1, 0.15) is 16.7 Å². The highest BCUT2D eigenvalue weighted by molar-refractivity contribution is 5.74. The molecule has 0 aliphatic rings. The molecule has 0 heterocycles. The highest BCUT2D eigenvalue weighted by atomic mass is 16.4. The van der Waals surface area contributed by atoms with Crippen molar-refractivity contribution in [3.8, 4) is 11.8 Å². The number of nitrogens with zero attached hydrogens (tertiary/aromatic N) is 1. The first-order valence-corrected chi connectivity index (χ1v) is 6.81. The molecule has 0 fully saturated rings. The van der Waals surface area contributed by atoms with E-state index < -0.39 is 12.0 Å². The summed E-state index contributed by atoms with van der Waals surface area (Å²) in [6, 6.07) is 14.8. The van der Waals surface area contributed by atoms with E-state index >= 15 is 0 Å². The summed E-state index contributed by atoms with van der Waals surface area (Å²) in [5.74, 6) is -0.770. The van der Waals surface area contributed by atoms with Crippen LogP contribution in [0.4, 0.5) is 0 Å². The molecule has 1 atom stereocenters. The van der Waals surface area contributed by atoms with Crippen molar-refractivity contribution in [3.05, 3.63) is 65.2 Å². The van der Waals surface area contributed by atoms with E-state index in [0.717, 1.165) is 11.1 Å². The Bertz CT molecular complexity index is 690. The maximum atomic E-state index is 11.4. The Morgan fingerprint density at radius 3 is 2.55 bits per heavy atom. The molecule has 0 saturated heterocycles. The van der Waals surface area contributed by atoms with Crippen molar-refractivity contribution in [1.29, 1.82) is 5.26 Å². The molecule has 22 heavy (non-hydrogen) atoms. The lowest BCUT2D eigenvalue weighted by Gasteiger charge is -2.15. The number of carboxylic acids is 1. The molecule has 0 aliphatic heterocycles. The Morgan fingerprint density at radius 1 is 1.18 bits per heavy atom. The van der Waals surface area contributed by atoms with Crippen LogP contribution in [0.25, 0.3) is 0 Å². The molecule has 0 spiro atoms. The van der Waals surface area contributed by atoms with Gasteiger partial charge in [-0.25, -0.2) is 0 Å². The van der Waals surface area contributed by atoms with Crippen molar-refractivity contribution < 1.29 is 15.0 Å². The molecule has 0 saturated carbocycles. The molecule has 5 nitrogen and oxygen atoms in total. The standard InChI is InChI=1S/C17H16N2O3/c18-10-14-3-1-2-13(8-14)9-16(17(21)22)19-11-12-4-6-15(20)7-5-12/h1-8,16,19-20H,9,11H2,(H,21,22)/t16-/m1/s1. The Labute approximate surface area is 128 Å². The van der Waals surface area contributed by atoms with Gasteiger partial charge in [0.2, 0.25) is 0 Å². The van der Waals surface area contributed by atoms with Gasteiger partial charge in [0.05, 0.1) is 11.6 Å². The summed E-state index contributed by atoms with van der Waals surface area (Å²) in [6.45, 7) is 0.384. The minimum Gasteiger partial charge on any atom is -0.508 e. The third kappa shape index (κ3) is 4.33. The number of phenolic OH excluding ortho intramolecular Hbond substituents is 1. The molecular weight excluding hydrogens is 280 g/mol. The van der Waals surface area contributed by atoms with Crippen LogP contribution in [0.5, 0.6) is 5.75 Å². The number of carbonyl (C=O) groups is 1. The molecule has 0 bridgehead atoms. The fraction of sp³-hybridized carbons (Fsp3) is 0.176. The Balaban J connectivity index is 2.02. The first-order valence-electron chi connectivity index (χ1n) is 6.81. The van der Waals surface area contributed by atoms with Crippen LogP contribution < -0.4 is 5.32 Å². The van der Waals surface area contributed by atoms with Crippen molar-refractivity contribution in [2.45, 2.75) is 19.0 Å². The highest BCUT2D eigenvalue weighted by Crippen LogP contribution is 2.11. The number of nitriles is 1. The molecule has 0 unspecified atom stereocenters. The minimum absolute atomic E-state index is 0.173. The largest absolute Gasteiger partial charge is 0.508 e. The fourth-order valence-corrected chi connectivity index (χ4v) is 2.11. The molecule has 0 amide bonds. The summed E-state index contributed by atoms with van der Waals surface area (Å²) >= 11 is 0. The molecule has 2 rings (SSSR count). The average Bonchev–Trinajstić information content (AvgIpc) is 2.53. The lowest BCUT2D eigenvalue weighted by atomic mass is 10.0. The lowest BCUT2D eigenvalue weighted by Crippen LogP contribution is -2.38. The first-order chi connectivity index (χ1) is 10.6. The number of carboxylic acid groups (broad SMARTS) is 1. The van der Waals surface area contributed by atoms with Crippen LogP contribution in [0.3, 0.4) is 0 Å². The monoisotopic (exact) mass is 296 g/mol. The second-order valence-corrected chi connectivity index (χ2v) is 4.95. The van der Waals surface area contributed by atoms with E-state index in [0.29, 0.717) is 18.5 Å². The highest BCUT2D eigenvalue weighted by Gasteiger charge is 2.17. The molecule has 0 aliphatic carbocycles. The van der Waals surface area contributed by atoms with Crippen LogP contribution in [-0.2, 0) is 17.8 Å². The van der Waals surface area contributed by atoms with E-state index in [9.17, 15) is 15.0 Å². The van der Waals surface area contributed by atoms with Gasteiger partial charge in [-0.05, 0) is 41.8 Å². The van der Waals surface area contributed by atoms with Gasteiger partial charge in [-0.1, -0.05) is 24.3 Å². The van der Waals surface area contributed by atoms with Gasteiger partial charge in [-0.15, -0.1) is 0 Å². The molecule has 3 N–H and O–H groups in total. The van der Waals surface area contributed by atoms with Crippen molar-refractivity contribution in [3.63, 3.8) is 0 Å². The normalized spacial score (nSPS) is 11.6. The van der Waals surface area contributed by atoms with Crippen LogP contribution >= 0.6 is 0 Å². The van der Waals surface area contributed by atoms with Crippen LogP contribution in [-0.4, -0.2) is 22.2 Å². The zero-order chi connectivity index (χ0) is 15.9. The molecule has 2 aromatic carbocycles. The summed E-state index contributed by atoms with van der Waals surface area (Å²) in [6.07, 6.45) is 0.295. The summed E-state index contributed by atoms with van der Waals surface area (Å²) in [7, 11) is 0. The number of benzene rings is 2. The molecular formula is C17H16N2O3. The summed E-state index contributed by atoms with van der Waals surface area (Å²) in [5, 5.41) is 30.4. The van der Waals surface area contributed by atoms with Gasteiger partial charge in [0.15, 0.2) is 0 Å². The van der Waals surface area contributed by atoms with Gasteiger partial charge >= 0.3 is 5.97 Å². The van der Waals surface area contributed by atoms with Gasteiger partial charge in [-0.2, -0.15) is 5.26 Å². The number of aromatic hydroxyl groups is 1. The minimum atomic E-state index is -0.943. The van der Waals surface area contributed by atoms with E-state index in [2.05, 4.69) is 5.32 Å². The fourth-order valence-electron chi connectivity index (χ4n) is 2.11. The van der Waals surface area contributed by atoms with Crippen molar-refractivity contribution in [2.24, 2.45) is 0 Å². The Hall–Kier alpha value is -2.84. The first kappa shape index (κ1) is 15.5. The Kier molecular flexibility index (Phi) is 5.12. The SMILES string of the molecule is N#Cc1cccc(C[C@@H](NCc2ccc(O)cc2)C(=O)O)c1. The number of hydrogen-bond donors (Lipinski definition) is 3. The molecule has 112 valence electrons. The predicted molar refractivity (Wildman–Crippen MR) is 81.2 cm³/mol. The van der Waals surface area contributed by atoms with Crippen molar-refractivity contribution in [1.82, 2.24) is 5.32 Å². The number of nitrogens with one attached hydrogen (secondary N) is 1. The molecule has 2 aromatic rings. The number of hydrogen-bond acceptors (Lipinski definition) is 4. The zero-order valence-corrected chi connectivity index (χ0v) is 11.9. The van der Waals surface area contributed by atoms with Gasteiger partial charge < -0.3 is 15.5 Å². The van der Waals surface area contributed by atoms with E-state index in [1.54, 1.807) is 48.5 Å². The van der Waals surface area contributed by atoms with Crippen LogP contribution in [0.2, 0.25) is 0 Å². The molecule has 5 heteroatoms. The Morgan fingerprint density at radius 2 is 1.91 bits per heavy atom. The smallest absolute Gasteiger partial charge is 0.321 e. The van der Waals surface area contributed by atoms with Gasteiger partial charge in [0, 0.05) is 6.54 Å². The third-order valence-corrected chi connectivity index (χ3v) is 3.28. The summed E-state index contributed by atoms with van der Waals surface area (Å²) in [4.78, 5) is 11.4. The van der Waals surface area contributed by atoms with Gasteiger partial charge in [0.25, 0.3) is 0 Å². The van der Waals surface area contributed by atoms with Crippen LogP contribution in [0.15, 0.2) is 48.5 Å². The van der Waals surface area contributed by atoms with Gasteiger partial charge in [-0.3, -0.25) is 4.79 Å². The predicted octanol–water partition coefficient (Wildman–Crippen LogP) is 2.05. The second kappa shape index (κ2) is 7.25. The zero-order valence-electron chi connectivity index (χ0n) is 11.9. The van der Waals surface area contributed by atoms with E-state index in [4.69, 9.17) is 5.26 Å². The van der Waals surface area contributed by atoms with Crippen LogP contribution in [0, 0.1) is 11.3 Å². The van der Waals surface area contributed by atoms with E-state index in [-0.39, 0.29) is 5.75 Å². The summed E-state index contributed by atoms with van der Waals surface area (Å²) in [5.41, 5.74) is 2.19. The van der Waals surface area contributed by atoms with Gasteiger partial charge in [0.1, 0.15) is 11.8 Å². The van der Waals surface area contributed by atoms with E-state index in [1.165, 1.54) is 0 Å². The molecule has 0 radical (unpaired) electrons. The topological polar surface area (TPSA) is 93.4 Å². The molecule has 0 aromatic heterocycles. The third-order valence-electron chi connectivity index (χ3n) is 3.28. The quantitative estimate of drug-likeness (QED) is 0.758. The lowest BCUT2D eigenvalue weighted by molar-refractivity contribution is -0.139. The van der Waals surface area contributed by atoms with E-state index in [1.807, 2.05) is 6.07 Å². The number of rotatable bonds is 6. The second-order valence-electron chi connectivity index (χ2n) is 4.95. The number of phenols is 1. The average molecular weight is 296 g/mol. The number of aliphatic carboxylic acids is 1. The maximum absolute atomic E-state index is 11.4. The van der Waals surface area contributed by atoms with Crippen molar-refractivity contribution in [2.75, 3.05) is 0 Å². The van der Waals surface area contributed by atoms with Crippen molar-refractivity contribution >= 4 is 5.97 Å².